The Kier molecular flexibility index (Phi) is 5.84. The molecule has 0 aliphatic heterocycles. The van der Waals surface area contributed by atoms with Crippen molar-refractivity contribution >= 4 is 33.3 Å². The van der Waals surface area contributed by atoms with Gasteiger partial charge in [-0.3, -0.25) is 14.2 Å². The van der Waals surface area contributed by atoms with Gasteiger partial charge in [0.2, 0.25) is 5.91 Å². The fourth-order valence-electron chi connectivity index (χ4n) is 3.96. The van der Waals surface area contributed by atoms with Crippen LogP contribution in [0.4, 0.5) is 5.13 Å². The maximum atomic E-state index is 13.1. The highest BCUT2D eigenvalue weighted by molar-refractivity contribution is 7.14. The molecule has 4 aromatic rings. The number of thiazole rings is 1. The van der Waals surface area contributed by atoms with Gasteiger partial charge in [-0.2, -0.15) is 0 Å². The highest BCUT2D eigenvalue weighted by atomic mass is 32.1. The van der Waals surface area contributed by atoms with E-state index in [2.05, 4.69) is 16.4 Å². The van der Waals surface area contributed by atoms with Crippen LogP contribution >= 0.6 is 11.3 Å². The molecule has 2 aromatic carbocycles. The fourth-order valence-corrected chi connectivity index (χ4v) is 4.68. The number of benzene rings is 2. The van der Waals surface area contributed by atoms with Gasteiger partial charge in [-0.25, -0.2) is 4.98 Å². The average Bonchev–Trinajstić information content (AvgIpc) is 3.22. The SMILES string of the molecule is COc1ccc(-c2csc(NC(=O)C(C)n3c(=O)cc(C)c4cc(C)cc(C)c43)n2)cc1. The predicted octanol–water partition coefficient (Wildman–Crippen LogP) is 5.26. The third kappa shape index (κ3) is 4.03. The molecule has 0 aliphatic carbocycles. The molecule has 32 heavy (non-hydrogen) atoms. The van der Waals surface area contributed by atoms with Crippen molar-refractivity contribution in [3.63, 3.8) is 0 Å². The minimum Gasteiger partial charge on any atom is -0.497 e. The van der Waals surface area contributed by atoms with E-state index in [4.69, 9.17) is 4.74 Å². The molecule has 2 aromatic heterocycles. The molecular formula is C25H25N3O3S. The number of carbonyl (C=O) groups excluding carboxylic acids is 1. The van der Waals surface area contributed by atoms with Crippen LogP contribution in [0.25, 0.3) is 22.2 Å². The largest absolute Gasteiger partial charge is 0.497 e. The number of amides is 1. The lowest BCUT2D eigenvalue weighted by Gasteiger charge is -2.20. The van der Waals surface area contributed by atoms with E-state index in [0.717, 1.165) is 44.6 Å². The van der Waals surface area contributed by atoms with E-state index in [1.807, 2.05) is 56.5 Å². The summed E-state index contributed by atoms with van der Waals surface area (Å²) in [6.07, 6.45) is 0. The summed E-state index contributed by atoms with van der Waals surface area (Å²) in [6, 6.07) is 12.6. The summed E-state index contributed by atoms with van der Waals surface area (Å²) in [4.78, 5) is 30.5. The number of nitrogens with one attached hydrogen (secondary N) is 1. The van der Waals surface area contributed by atoms with Gasteiger partial charge in [-0.05, 0) is 69.2 Å². The predicted molar refractivity (Wildman–Crippen MR) is 130 cm³/mol. The number of nitrogens with zero attached hydrogens (tertiary/aromatic N) is 2. The molecule has 2 heterocycles. The van der Waals surface area contributed by atoms with Crippen molar-refractivity contribution in [2.75, 3.05) is 12.4 Å². The molecule has 0 radical (unpaired) electrons. The molecule has 6 nitrogen and oxygen atoms in total. The van der Waals surface area contributed by atoms with E-state index < -0.39 is 6.04 Å². The molecular weight excluding hydrogens is 422 g/mol. The Labute approximate surface area is 190 Å². The second-order valence-corrected chi connectivity index (χ2v) is 8.80. The highest BCUT2D eigenvalue weighted by Gasteiger charge is 2.21. The molecule has 0 saturated carbocycles. The van der Waals surface area contributed by atoms with Gasteiger partial charge >= 0.3 is 0 Å². The Bertz CT molecular complexity index is 1370. The molecule has 1 amide bonds. The van der Waals surface area contributed by atoms with Crippen molar-refractivity contribution in [3.8, 4) is 17.0 Å². The quantitative estimate of drug-likeness (QED) is 0.453. The first-order chi connectivity index (χ1) is 15.3. The zero-order valence-corrected chi connectivity index (χ0v) is 19.5. The van der Waals surface area contributed by atoms with Gasteiger partial charge in [0, 0.05) is 22.4 Å². The number of ether oxygens (including phenoxy) is 1. The maximum absolute atomic E-state index is 13.1. The number of pyridine rings is 1. The summed E-state index contributed by atoms with van der Waals surface area (Å²) < 4.78 is 6.76. The van der Waals surface area contributed by atoms with E-state index in [0.29, 0.717) is 5.13 Å². The first-order valence-electron chi connectivity index (χ1n) is 10.3. The highest BCUT2D eigenvalue weighted by Crippen LogP contribution is 2.28. The molecule has 0 saturated heterocycles. The molecule has 1 atom stereocenters. The van der Waals surface area contributed by atoms with Crippen LogP contribution in [0.1, 0.15) is 29.7 Å². The second-order valence-electron chi connectivity index (χ2n) is 7.95. The third-order valence-electron chi connectivity index (χ3n) is 5.57. The Morgan fingerprint density at radius 2 is 1.81 bits per heavy atom. The number of rotatable bonds is 5. The Morgan fingerprint density at radius 1 is 1.09 bits per heavy atom. The number of hydrogen-bond donors (Lipinski definition) is 1. The summed E-state index contributed by atoms with van der Waals surface area (Å²) in [5.74, 6) is 0.487. The van der Waals surface area contributed by atoms with E-state index in [-0.39, 0.29) is 11.5 Å². The van der Waals surface area contributed by atoms with Gasteiger partial charge in [0.15, 0.2) is 5.13 Å². The lowest BCUT2D eigenvalue weighted by Crippen LogP contribution is -2.32. The standard InChI is InChI=1S/C25H25N3O3S/c1-14-10-16(3)23-20(11-14)15(2)12-22(29)28(23)17(4)24(30)27-25-26-21(13-32-25)18-6-8-19(31-5)9-7-18/h6-13,17H,1-5H3,(H,26,27,30). The summed E-state index contributed by atoms with van der Waals surface area (Å²) in [7, 11) is 1.62. The number of anilines is 1. The van der Waals surface area contributed by atoms with Crippen molar-refractivity contribution in [2.45, 2.75) is 33.7 Å². The monoisotopic (exact) mass is 447 g/mol. The van der Waals surface area contributed by atoms with Gasteiger partial charge in [-0.1, -0.05) is 11.6 Å². The smallest absolute Gasteiger partial charge is 0.252 e. The number of carbonyl (C=O) groups is 1. The van der Waals surface area contributed by atoms with E-state index >= 15 is 0 Å². The summed E-state index contributed by atoms with van der Waals surface area (Å²) in [5.41, 5.74) is 5.30. The lowest BCUT2D eigenvalue weighted by molar-refractivity contribution is -0.118. The van der Waals surface area contributed by atoms with Crippen LogP contribution in [0, 0.1) is 20.8 Å². The molecule has 0 aliphatic rings. The topological polar surface area (TPSA) is 73.2 Å². The van der Waals surface area contributed by atoms with Crippen LogP contribution in [0.5, 0.6) is 5.75 Å². The Hall–Kier alpha value is -3.45. The molecule has 0 bridgehead atoms. The van der Waals surface area contributed by atoms with Gasteiger partial charge in [0.25, 0.3) is 5.56 Å². The van der Waals surface area contributed by atoms with Crippen molar-refractivity contribution in [2.24, 2.45) is 0 Å². The number of methoxy groups -OCH3 is 1. The summed E-state index contributed by atoms with van der Waals surface area (Å²) >= 11 is 1.35. The number of fused-ring (bicyclic) bond motifs is 1. The normalized spacial score (nSPS) is 12.0. The minimum absolute atomic E-state index is 0.192. The van der Waals surface area contributed by atoms with Gasteiger partial charge < -0.3 is 10.1 Å². The van der Waals surface area contributed by atoms with Crippen LogP contribution in [0.3, 0.4) is 0 Å². The molecule has 7 heteroatoms. The molecule has 164 valence electrons. The van der Waals surface area contributed by atoms with Crippen LogP contribution in [0.2, 0.25) is 0 Å². The Balaban J connectivity index is 1.63. The molecule has 0 fully saturated rings. The van der Waals surface area contributed by atoms with Crippen LogP contribution in [-0.2, 0) is 4.79 Å². The first kappa shape index (κ1) is 21.8. The lowest BCUT2D eigenvalue weighted by atomic mass is 10.0. The van der Waals surface area contributed by atoms with Gasteiger partial charge in [0.1, 0.15) is 11.8 Å². The van der Waals surface area contributed by atoms with Crippen molar-refractivity contribution < 1.29 is 9.53 Å². The average molecular weight is 448 g/mol. The van der Waals surface area contributed by atoms with E-state index in [9.17, 15) is 9.59 Å². The molecule has 0 spiro atoms. The third-order valence-corrected chi connectivity index (χ3v) is 6.33. The zero-order chi connectivity index (χ0) is 23.0. The number of hydrogen-bond acceptors (Lipinski definition) is 5. The number of aromatic nitrogens is 2. The van der Waals surface area contributed by atoms with Crippen molar-refractivity contribution in [3.05, 3.63) is 74.9 Å². The van der Waals surface area contributed by atoms with Gasteiger partial charge in [0.05, 0.1) is 18.3 Å². The van der Waals surface area contributed by atoms with E-state index in [1.165, 1.54) is 11.3 Å². The number of aryl methyl sites for hydroxylation is 3. The minimum atomic E-state index is -0.694. The fraction of sp³-hybridized carbons (Fsp3) is 0.240. The van der Waals surface area contributed by atoms with Gasteiger partial charge in [-0.15, -0.1) is 11.3 Å². The molecule has 1 unspecified atom stereocenters. The molecule has 1 N–H and O–H groups in total. The second kappa shape index (κ2) is 8.59. The zero-order valence-electron chi connectivity index (χ0n) is 18.7. The van der Waals surface area contributed by atoms with Crippen molar-refractivity contribution in [1.29, 1.82) is 0 Å². The van der Waals surface area contributed by atoms with Crippen LogP contribution in [-0.4, -0.2) is 22.6 Å². The summed E-state index contributed by atoms with van der Waals surface area (Å²) in [5, 5.41) is 6.24. The summed E-state index contributed by atoms with van der Waals surface area (Å²) in [6.45, 7) is 7.66. The van der Waals surface area contributed by atoms with Crippen LogP contribution < -0.4 is 15.6 Å². The molecule has 4 rings (SSSR count). The first-order valence-corrected chi connectivity index (χ1v) is 11.2. The maximum Gasteiger partial charge on any atom is 0.252 e. The van der Waals surface area contributed by atoms with Crippen LogP contribution in [0.15, 0.2) is 52.6 Å². The Morgan fingerprint density at radius 3 is 2.50 bits per heavy atom. The van der Waals surface area contributed by atoms with E-state index in [1.54, 1.807) is 24.7 Å². The van der Waals surface area contributed by atoms with Crippen molar-refractivity contribution in [1.82, 2.24) is 9.55 Å².